The second kappa shape index (κ2) is 8.11. The highest BCUT2D eigenvalue weighted by atomic mass is 32.1. The fourth-order valence-electron chi connectivity index (χ4n) is 3.36. The Morgan fingerprint density at radius 1 is 1.16 bits per heavy atom. The van der Waals surface area contributed by atoms with Crippen molar-refractivity contribution in [2.75, 3.05) is 0 Å². The highest BCUT2D eigenvalue weighted by molar-refractivity contribution is 7.10. The molecule has 8 nitrogen and oxygen atoms in total. The molecule has 0 radical (unpaired) electrons. The topological polar surface area (TPSA) is 101 Å². The number of imidazole rings is 1. The van der Waals surface area contributed by atoms with Crippen LogP contribution in [0.15, 0.2) is 60.4 Å². The average molecular weight is 430 g/mol. The molecule has 0 atom stereocenters. The maximum absolute atomic E-state index is 12.3. The first-order valence-corrected chi connectivity index (χ1v) is 10.7. The Bertz CT molecular complexity index is 1350. The lowest BCUT2D eigenvalue weighted by Crippen LogP contribution is -2.24. The lowest BCUT2D eigenvalue weighted by Gasteiger charge is -2.04. The molecule has 5 rings (SSSR count). The van der Waals surface area contributed by atoms with E-state index in [1.165, 1.54) is 6.33 Å². The first-order chi connectivity index (χ1) is 15.2. The maximum Gasteiger partial charge on any atom is 0.225 e. The average Bonchev–Trinajstić information content (AvgIpc) is 3.52. The van der Waals surface area contributed by atoms with Crippen molar-refractivity contribution in [1.82, 2.24) is 34.9 Å². The summed E-state index contributed by atoms with van der Waals surface area (Å²) in [5.41, 5.74) is 4.89. The van der Waals surface area contributed by atoms with Crippen LogP contribution in [0.1, 0.15) is 16.4 Å². The van der Waals surface area contributed by atoms with Crippen molar-refractivity contribution in [2.24, 2.45) is 0 Å². The smallest absolute Gasteiger partial charge is 0.225 e. The number of thiophene rings is 1. The van der Waals surface area contributed by atoms with Gasteiger partial charge in [-0.25, -0.2) is 14.5 Å². The monoisotopic (exact) mass is 429 g/mol. The van der Waals surface area contributed by atoms with Crippen LogP contribution in [0.2, 0.25) is 0 Å². The van der Waals surface area contributed by atoms with Crippen LogP contribution in [-0.2, 0) is 17.8 Å². The number of hydrogen-bond donors (Lipinski definition) is 2. The number of nitrogens with zero attached hydrogens (tertiary/aromatic N) is 5. The first kappa shape index (κ1) is 19.1. The lowest BCUT2D eigenvalue weighted by atomic mass is 10.1. The van der Waals surface area contributed by atoms with E-state index < -0.39 is 0 Å². The van der Waals surface area contributed by atoms with Gasteiger partial charge in [-0.05, 0) is 42.6 Å². The van der Waals surface area contributed by atoms with Gasteiger partial charge in [-0.15, -0.1) is 11.3 Å². The molecule has 9 heteroatoms. The summed E-state index contributed by atoms with van der Waals surface area (Å²) in [5.74, 6) is 0.617. The van der Waals surface area contributed by atoms with Crippen LogP contribution in [0.5, 0.6) is 0 Å². The van der Waals surface area contributed by atoms with Crippen LogP contribution < -0.4 is 5.32 Å². The normalized spacial score (nSPS) is 11.1. The fraction of sp³-hybridized carbons (Fsp3) is 0.136. The number of rotatable bonds is 6. The van der Waals surface area contributed by atoms with Gasteiger partial charge in [0.25, 0.3) is 0 Å². The van der Waals surface area contributed by atoms with E-state index in [0.29, 0.717) is 18.8 Å². The summed E-state index contributed by atoms with van der Waals surface area (Å²) < 4.78 is 1.71. The Balaban J connectivity index is 1.46. The largest absolute Gasteiger partial charge is 0.349 e. The van der Waals surface area contributed by atoms with Crippen molar-refractivity contribution < 1.29 is 4.79 Å². The Morgan fingerprint density at radius 3 is 2.94 bits per heavy atom. The molecular weight excluding hydrogens is 410 g/mol. The van der Waals surface area contributed by atoms with E-state index in [9.17, 15) is 4.79 Å². The summed E-state index contributed by atoms with van der Waals surface area (Å²) in [6, 6.07) is 13.6. The van der Waals surface area contributed by atoms with E-state index in [1.807, 2.05) is 61.0 Å². The van der Waals surface area contributed by atoms with Crippen LogP contribution in [0.4, 0.5) is 0 Å². The van der Waals surface area contributed by atoms with Crippen LogP contribution in [0.3, 0.4) is 0 Å². The summed E-state index contributed by atoms with van der Waals surface area (Å²) in [6.45, 7) is 2.25. The van der Waals surface area contributed by atoms with E-state index in [1.54, 1.807) is 15.9 Å². The molecule has 5 heterocycles. The van der Waals surface area contributed by atoms with E-state index in [-0.39, 0.29) is 5.91 Å². The van der Waals surface area contributed by atoms with Crippen LogP contribution >= 0.6 is 11.3 Å². The molecule has 0 bridgehead atoms. The zero-order chi connectivity index (χ0) is 21.2. The third kappa shape index (κ3) is 4.08. The Morgan fingerprint density at radius 2 is 2.10 bits per heavy atom. The van der Waals surface area contributed by atoms with Crippen LogP contribution in [0.25, 0.3) is 28.3 Å². The van der Waals surface area contributed by atoms with Crippen molar-refractivity contribution in [1.29, 1.82) is 0 Å². The van der Waals surface area contributed by atoms with Gasteiger partial charge < -0.3 is 10.3 Å². The number of amides is 1. The number of nitrogens with one attached hydrogen (secondary N) is 2. The molecule has 0 aliphatic rings. The van der Waals surface area contributed by atoms with Gasteiger partial charge in [-0.3, -0.25) is 9.78 Å². The Labute approximate surface area is 182 Å². The van der Waals surface area contributed by atoms with E-state index in [4.69, 9.17) is 4.98 Å². The number of aromatic amines is 1. The van der Waals surface area contributed by atoms with Crippen molar-refractivity contribution in [3.63, 3.8) is 0 Å². The Kier molecular flexibility index (Phi) is 5.01. The fourth-order valence-corrected chi connectivity index (χ4v) is 4.06. The molecule has 0 spiro atoms. The third-order valence-corrected chi connectivity index (χ3v) is 5.69. The van der Waals surface area contributed by atoms with Crippen molar-refractivity contribution in [2.45, 2.75) is 19.9 Å². The van der Waals surface area contributed by atoms with Crippen molar-refractivity contribution in [3.05, 3.63) is 76.8 Å². The zero-order valence-electron chi connectivity index (χ0n) is 16.7. The standard InChI is InChI=1S/C22H19N7OS/c1-14-4-2-6-17(26-14)22-21(15-7-8-19-24-13-25-29(19)12-15)27-18(28-22)11-23-20(30)10-16-5-3-9-31-16/h2-9,12-13H,10-11H2,1H3,(H,23,30)(H,27,28). The van der Waals surface area contributed by atoms with Gasteiger partial charge in [0, 0.05) is 22.3 Å². The van der Waals surface area contributed by atoms with Gasteiger partial charge in [0.15, 0.2) is 5.65 Å². The molecule has 1 amide bonds. The third-order valence-electron chi connectivity index (χ3n) is 4.81. The van der Waals surface area contributed by atoms with Gasteiger partial charge in [0.1, 0.15) is 12.2 Å². The molecule has 0 saturated heterocycles. The zero-order valence-corrected chi connectivity index (χ0v) is 17.6. The molecule has 2 N–H and O–H groups in total. The molecule has 0 aliphatic carbocycles. The molecular formula is C22H19N7OS. The molecule has 5 aromatic rings. The number of hydrogen-bond acceptors (Lipinski definition) is 6. The van der Waals surface area contributed by atoms with Crippen LogP contribution in [-0.4, -0.2) is 35.5 Å². The van der Waals surface area contributed by atoms with Gasteiger partial charge in [-0.2, -0.15) is 5.10 Å². The minimum absolute atomic E-state index is 0.0420. The highest BCUT2D eigenvalue weighted by Crippen LogP contribution is 2.29. The molecule has 0 aromatic carbocycles. The molecule has 0 saturated carbocycles. The van der Waals surface area contributed by atoms with Crippen molar-refractivity contribution >= 4 is 22.9 Å². The number of carbonyl (C=O) groups excluding carboxylic acids is 1. The van der Waals surface area contributed by atoms with Crippen LogP contribution in [0, 0.1) is 6.92 Å². The first-order valence-electron chi connectivity index (χ1n) is 9.77. The molecule has 5 aromatic heterocycles. The summed E-state index contributed by atoms with van der Waals surface area (Å²) in [7, 11) is 0. The minimum Gasteiger partial charge on any atom is -0.349 e. The summed E-state index contributed by atoms with van der Waals surface area (Å²) in [6.07, 6.45) is 3.76. The number of pyridine rings is 2. The van der Waals surface area contributed by atoms with Gasteiger partial charge in [-0.1, -0.05) is 12.1 Å². The SMILES string of the molecule is Cc1cccc(-c2[nH]c(CNC(=O)Cc3cccs3)nc2-c2ccc3ncnn3c2)n1. The lowest BCUT2D eigenvalue weighted by molar-refractivity contribution is -0.120. The quantitative estimate of drug-likeness (QED) is 0.431. The molecule has 31 heavy (non-hydrogen) atoms. The Hall–Kier alpha value is -3.85. The number of H-pyrrole nitrogens is 1. The van der Waals surface area contributed by atoms with Crippen molar-refractivity contribution in [3.8, 4) is 22.6 Å². The second-order valence-corrected chi connectivity index (χ2v) is 8.12. The molecule has 0 fully saturated rings. The number of aryl methyl sites for hydroxylation is 1. The van der Waals surface area contributed by atoms with E-state index in [0.717, 1.165) is 38.9 Å². The number of aromatic nitrogens is 6. The van der Waals surface area contributed by atoms with E-state index >= 15 is 0 Å². The maximum atomic E-state index is 12.3. The highest BCUT2D eigenvalue weighted by Gasteiger charge is 2.17. The summed E-state index contributed by atoms with van der Waals surface area (Å²) >= 11 is 1.57. The number of carbonyl (C=O) groups is 1. The van der Waals surface area contributed by atoms with Gasteiger partial charge >= 0.3 is 0 Å². The molecule has 0 aliphatic heterocycles. The summed E-state index contributed by atoms with van der Waals surface area (Å²) in [5, 5.41) is 9.13. The number of fused-ring (bicyclic) bond motifs is 1. The molecule has 154 valence electrons. The van der Waals surface area contributed by atoms with Gasteiger partial charge in [0.2, 0.25) is 5.91 Å². The predicted octanol–water partition coefficient (Wildman–Crippen LogP) is 3.41. The molecule has 0 unspecified atom stereocenters. The van der Waals surface area contributed by atoms with E-state index in [2.05, 4.69) is 25.4 Å². The summed E-state index contributed by atoms with van der Waals surface area (Å²) in [4.78, 5) is 30.3. The minimum atomic E-state index is -0.0420. The predicted molar refractivity (Wildman–Crippen MR) is 118 cm³/mol. The second-order valence-electron chi connectivity index (χ2n) is 7.08. The van der Waals surface area contributed by atoms with Gasteiger partial charge in [0.05, 0.1) is 30.0 Å².